The van der Waals surface area contributed by atoms with E-state index in [1.807, 2.05) is 0 Å². The van der Waals surface area contributed by atoms with E-state index in [1.165, 1.54) is 31.0 Å². The predicted octanol–water partition coefficient (Wildman–Crippen LogP) is 2.00. The second kappa shape index (κ2) is 4.57. The molecule has 0 spiro atoms. The van der Waals surface area contributed by atoms with Gasteiger partial charge in [-0.2, -0.15) is 5.10 Å². The van der Waals surface area contributed by atoms with Crippen LogP contribution in [0.3, 0.4) is 0 Å². The lowest BCUT2D eigenvalue weighted by Gasteiger charge is -2.12. The normalized spacial score (nSPS) is 26.8. The standard InChI is InChI=1S/C14H16N2O3/c17-10-3-4-13(18)11(7-10)14(19)16-15-12-6-8-1-2-9(12)5-8/h3-4,7-9,17-18H,1-2,5-6H2,(H,16,19)/b15-12+/t8-,9+/m1/s1. The monoisotopic (exact) mass is 260 g/mol. The number of carbonyl (C=O) groups is 1. The van der Waals surface area contributed by atoms with Crippen LogP contribution in [0.15, 0.2) is 23.3 Å². The SMILES string of the molecule is O=C(N/N=C1\C[C@@H]2CC[C@H]1C2)c1cc(O)ccc1O. The number of benzene rings is 1. The first-order chi connectivity index (χ1) is 9.13. The van der Waals surface area contributed by atoms with Crippen molar-refractivity contribution in [1.82, 2.24) is 5.43 Å². The van der Waals surface area contributed by atoms with Gasteiger partial charge in [-0.3, -0.25) is 4.79 Å². The smallest absolute Gasteiger partial charge is 0.275 e. The van der Waals surface area contributed by atoms with Crippen molar-refractivity contribution in [2.45, 2.75) is 25.7 Å². The fourth-order valence-electron chi connectivity index (χ4n) is 3.05. The molecular weight excluding hydrogens is 244 g/mol. The molecule has 0 unspecified atom stereocenters. The Kier molecular flexibility index (Phi) is 2.89. The van der Waals surface area contributed by atoms with Crippen molar-refractivity contribution in [3.63, 3.8) is 0 Å². The zero-order valence-corrected chi connectivity index (χ0v) is 10.5. The van der Waals surface area contributed by atoms with Crippen LogP contribution in [0.1, 0.15) is 36.0 Å². The van der Waals surface area contributed by atoms with E-state index in [4.69, 9.17) is 0 Å². The zero-order chi connectivity index (χ0) is 13.4. The molecule has 1 aromatic rings. The molecule has 3 rings (SSSR count). The largest absolute Gasteiger partial charge is 0.508 e. The van der Waals surface area contributed by atoms with Crippen molar-refractivity contribution in [2.24, 2.45) is 16.9 Å². The van der Waals surface area contributed by atoms with Gasteiger partial charge in [0, 0.05) is 5.71 Å². The Labute approximate surface area is 111 Å². The van der Waals surface area contributed by atoms with Crippen LogP contribution in [0.2, 0.25) is 0 Å². The van der Waals surface area contributed by atoms with Crippen molar-refractivity contribution >= 4 is 11.6 Å². The summed E-state index contributed by atoms with van der Waals surface area (Å²) < 4.78 is 0. The maximum absolute atomic E-state index is 11.9. The van der Waals surface area contributed by atoms with Crippen molar-refractivity contribution in [3.05, 3.63) is 23.8 Å². The number of hydrogen-bond acceptors (Lipinski definition) is 4. The number of carbonyl (C=O) groups excluding carboxylic acids is 1. The van der Waals surface area contributed by atoms with E-state index in [9.17, 15) is 15.0 Å². The van der Waals surface area contributed by atoms with Gasteiger partial charge in [0.05, 0.1) is 5.56 Å². The molecule has 2 aliphatic carbocycles. The van der Waals surface area contributed by atoms with Crippen LogP contribution in [-0.4, -0.2) is 21.8 Å². The van der Waals surface area contributed by atoms with Crippen molar-refractivity contribution in [1.29, 1.82) is 0 Å². The quantitative estimate of drug-likeness (QED) is 0.562. The van der Waals surface area contributed by atoms with Crippen molar-refractivity contribution in [3.8, 4) is 11.5 Å². The number of hydrazone groups is 1. The topological polar surface area (TPSA) is 81.9 Å². The van der Waals surface area contributed by atoms with Crippen LogP contribution < -0.4 is 5.43 Å². The van der Waals surface area contributed by atoms with E-state index < -0.39 is 5.91 Å². The maximum atomic E-state index is 11.9. The van der Waals surface area contributed by atoms with E-state index >= 15 is 0 Å². The summed E-state index contributed by atoms with van der Waals surface area (Å²) in [5.74, 6) is 0.528. The van der Waals surface area contributed by atoms with E-state index in [1.54, 1.807) is 0 Å². The molecule has 5 nitrogen and oxygen atoms in total. The third kappa shape index (κ3) is 2.28. The van der Waals surface area contributed by atoms with Gasteiger partial charge in [-0.1, -0.05) is 0 Å². The molecule has 2 atom stereocenters. The number of nitrogens with zero attached hydrogens (tertiary/aromatic N) is 1. The first-order valence-electron chi connectivity index (χ1n) is 6.52. The summed E-state index contributed by atoms with van der Waals surface area (Å²) in [7, 11) is 0. The third-order valence-electron chi connectivity index (χ3n) is 4.04. The van der Waals surface area contributed by atoms with Crippen LogP contribution in [-0.2, 0) is 0 Å². The molecule has 5 heteroatoms. The first kappa shape index (κ1) is 12.0. The second-order valence-corrected chi connectivity index (χ2v) is 5.33. The average Bonchev–Trinajstić information content (AvgIpc) is 3.01. The van der Waals surface area contributed by atoms with E-state index in [2.05, 4.69) is 10.5 Å². The van der Waals surface area contributed by atoms with Gasteiger partial charge < -0.3 is 10.2 Å². The van der Waals surface area contributed by atoms with Gasteiger partial charge in [0.1, 0.15) is 11.5 Å². The highest BCUT2D eigenvalue weighted by Crippen LogP contribution is 2.42. The molecule has 2 fully saturated rings. The number of hydrogen-bond donors (Lipinski definition) is 3. The molecule has 0 heterocycles. The molecule has 0 radical (unpaired) electrons. The summed E-state index contributed by atoms with van der Waals surface area (Å²) in [6, 6.07) is 3.84. The molecule has 1 aromatic carbocycles. The highest BCUT2D eigenvalue weighted by Gasteiger charge is 2.36. The Balaban J connectivity index is 1.72. The number of nitrogens with one attached hydrogen (secondary N) is 1. The van der Waals surface area contributed by atoms with Crippen LogP contribution in [0.25, 0.3) is 0 Å². The molecular formula is C14H16N2O3. The number of phenols is 2. The summed E-state index contributed by atoms with van der Waals surface area (Å²) in [6.45, 7) is 0. The van der Waals surface area contributed by atoms with Gasteiger partial charge in [-0.25, -0.2) is 5.43 Å². The number of fused-ring (bicyclic) bond motifs is 2. The first-order valence-corrected chi connectivity index (χ1v) is 6.52. The molecule has 2 bridgehead atoms. The average molecular weight is 260 g/mol. The Bertz CT molecular complexity index is 554. The number of amides is 1. The zero-order valence-electron chi connectivity index (χ0n) is 10.5. The van der Waals surface area contributed by atoms with Gasteiger partial charge in [0.15, 0.2) is 0 Å². The lowest BCUT2D eigenvalue weighted by Crippen LogP contribution is -2.22. The van der Waals surface area contributed by atoms with Gasteiger partial charge in [0.2, 0.25) is 0 Å². The lowest BCUT2D eigenvalue weighted by atomic mass is 9.99. The molecule has 2 aliphatic rings. The number of phenolic OH excluding ortho intramolecular Hbond substituents is 2. The Morgan fingerprint density at radius 3 is 2.84 bits per heavy atom. The molecule has 100 valence electrons. The van der Waals surface area contributed by atoms with Crippen LogP contribution in [0.4, 0.5) is 0 Å². The molecule has 1 amide bonds. The summed E-state index contributed by atoms with van der Waals surface area (Å²) in [5, 5.41) is 23.1. The lowest BCUT2D eigenvalue weighted by molar-refractivity contribution is 0.0951. The van der Waals surface area contributed by atoms with Crippen LogP contribution in [0, 0.1) is 11.8 Å². The fourth-order valence-corrected chi connectivity index (χ4v) is 3.05. The Morgan fingerprint density at radius 1 is 1.32 bits per heavy atom. The highest BCUT2D eigenvalue weighted by atomic mass is 16.3. The molecule has 0 aliphatic heterocycles. The number of rotatable bonds is 2. The van der Waals surface area contributed by atoms with E-state index in [0.29, 0.717) is 5.92 Å². The second-order valence-electron chi connectivity index (χ2n) is 5.33. The highest BCUT2D eigenvalue weighted by molar-refractivity contribution is 5.98. The van der Waals surface area contributed by atoms with Gasteiger partial charge in [0.25, 0.3) is 5.91 Å². The van der Waals surface area contributed by atoms with Crippen molar-refractivity contribution in [2.75, 3.05) is 0 Å². The van der Waals surface area contributed by atoms with E-state index in [0.717, 1.165) is 24.5 Å². The minimum absolute atomic E-state index is 0.0347. The molecule has 3 N–H and O–H groups in total. The third-order valence-corrected chi connectivity index (χ3v) is 4.04. The summed E-state index contributed by atoms with van der Waals surface area (Å²) in [4.78, 5) is 11.9. The summed E-state index contributed by atoms with van der Waals surface area (Å²) >= 11 is 0. The molecule has 0 saturated heterocycles. The molecule has 19 heavy (non-hydrogen) atoms. The van der Waals surface area contributed by atoms with Crippen LogP contribution >= 0.6 is 0 Å². The predicted molar refractivity (Wildman–Crippen MR) is 70.1 cm³/mol. The molecule has 0 aromatic heterocycles. The summed E-state index contributed by atoms with van der Waals surface area (Å²) in [5.41, 5.74) is 3.57. The number of aromatic hydroxyl groups is 2. The van der Waals surface area contributed by atoms with Crippen molar-refractivity contribution < 1.29 is 15.0 Å². The van der Waals surface area contributed by atoms with Gasteiger partial charge in [-0.15, -0.1) is 0 Å². The molecule has 2 saturated carbocycles. The van der Waals surface area contributed by atoms with E-state index in [-0.39, 0.29) is 17.1 Å². The Morgan fingerprint density at radius 2 is 2.16 bits per heavy atom. The van der Waals surface area contributed by atoms with Crippen LogP contribution in [0.5, 0.6) is 11.5 Å². The van der Waals surface area contributed by atoms with Gasteiger partial charge >= 0.3 is 0 Å². The minimum Gasteiger partial charge on any atom is -0.508 e. The fraction of sp³-hybridized carbons (Fsp3) is 0.429. The summed E-state index contributed by atoms with van der Waals surface area (Å²) in [6.07, 6.45) is 4.59. The maximum Gasteiger partial charge on any atom is 0.275 e. The Hall–Kier alpha value is -2.04. The minimum atomic E-state index is -0.497. The van der Waals surface area contributed by atoms with Gasteiger partial charge in [-0.05, 0) is 55.7 Å².